The summed E-state index contributed by atoms with van der Waals surface area (Å²) >= 11 is 5.26. The van der Waals surface area contributed by atoms with Gasteiger partial charge in [0.2, 0.25) is 5.91 Å². The number of amides is 1. The summed E-state index contributed by atoms with van der Waals surface area (Å²) < 4.78 is 40.0. The maximum Gasteiger partial charge on any atom is 0.416 e. The van der Waals surface area contributed by atoms with Crippen LogP contribution in [0.5, 0.6) is 0 Å². The number of unbranched alkanes of at least 4 members (excludes halogenated alkanes) is 2. The van der Waals surface area contributed by atoms with E-state index in [1.54, 1.807) is 18.2 Å². The minimum Gasteiger partial charge on any atom is -0.332 e. The number of alkyl halides is 3. The number of rotatable bonds is 7. The van der Waals surface area contributed by atoms with Crippen molar-refractivity contribution < 1.29 is 18.0 Å². The molecule has 3 rings (SSSR count). The number of fused-ring (bicyclic) bond motifs is 1. The van der Waals surface area contributed by atoms with E-state index in [2.05, 4.69) is 10.3 Å². The summed E-state index contributed by atoms with van der Waals surface area (Å²) in [5, 5.41) is 3.05. The zero-order valence-corrected chi connectivity index (χ0v) is 16.8. The average Bonchev–Trinajstić information content (AvgIpc) is 2.69. The van der Waals surface area contributed by atoms with Crippen LogP contribution in [0, 0.1) is 4.77 Å². The zero-order chi connectivity index (χ0) is 21.7. The molecule has 2 aromatic carbocycles. The van der Waals surface area contributed by atoms with E-state index in [1.807, 2.05) is 6.07 Å². The SMILES string of the molecule is O=C(CCCCCn1c(=S)[nH]c2ccccc2c1=O)Nc1cccc(C(F)(F)F)c1. The van der Waals surface area contributed by atoms with Gasteiger partial charge in [0.1, 0.15) is 0 Å². The molecule has 2 N–H and O–H groups in total. The Labute approximate surface area is 175 Å². The van der Waals surface area contributed by atoms with E-state index >= 15 is 0 Å². The number of hydrogen-bond acceptors (Lipinski definition) is 3. The Kier molecular flexibility index (Phi) is 6.71. The lowest BCUT2D eigenvalue weighted by Crippen LogP contribution is -2.22. The average molecular weight is 435 g/mol. The fourth-order valence-corrected chi connectivity index (χ4v) is 3.42. The molecule has 0 saturated carbocycles. The fraction of sp³-hybridized carbons (Fsp3) is 0.286. The predicted octanol–water partition coefficient (Wildman–Crippen LogP) is 5.28. The maximum atomic E-state index is 12.7. The lowest BCUT2D eigenvalue weighted by Gasteiger charge is -2.10. The van der Waals surface area contributed by atoms with E-state index in [0.717, 1.165) is 12.1 Å². The molecule has 0 spiro atoms. The van der Waals surface area contributed by atoms with Crippen molar-refractivity contribution in [1.29, 1.82) is 0 Å². The van der Waals surface area contributed by atoms with Crippen LogP contribution in [0.25, 0.3) is 10.9 Å². The summed E-state index contributed by atoms with van der Waals surface area (Å²) in [4.78, 5) is 27.6. The number of halogens is 3. The van der Waals surface area contributed by atoms with Gasteiger partial charge < -0.3 is 10.3 Å². The third kappa shape index (κ3) is 5.35. The summed E-state index contributed by atoms with van der Waals surface area (Å²) in [6.07, 6.45) is -2.42. The highest BCUT2D eigenvalue weighted by Gasteiger charge is 2.30. The van der Waals surface area contributed by atoms with Crippen molar-refractivity contribution in [2.24, 2.45) is 0 Å². The van der Waals surface area contributed by atoms with Gasteiger partial charge in [0.05, 0.1) is 16.5 Å². The van der Waals surface area contributed by atoms with Gasteiger partial charge in [-0.1, -0.05) is 24.6 Å². The number of H-pyrrole nitrogens is 1. The number of nitrogens with zero attached hydrogens (tertiary/aromatic N) is 1. The minimum atomic E-state index is -4.46. The lowest BCUT2D eigenvalue weighted by molar-refractivity contribution is -0.137. The molecule has 3 aromatic rings. The number of para-hydroxylation sites is 1. The number of anilines is 1. The first-order chi connectivity index (χ1) is 14.3. The van der Waals surface area contributed by atoms with Crippen LogP contribution < -0.4 is 10.9 Å². The van der Waals surface area contributed by atoms with Gasteiger partial charge in [-0.25, -0.2) is 0 Å². The Morgan fingerprint density at radius 1 is 1.07 bits per heavy atom. The molecule has 1 amide bonds. The van der Waals surface area contributed by atoms with Gasteiger partial charge in [0.25, 0.3) is 5.56 Å². The van der Waals surface area contributed by atoms with Gasteiger partial charge in [-0.05, 0) is 55.4 Å². The van der Waals surface area contributed by atoms with Gasteiger partial charge in [0.15, 0.2) is 4.77 Å². The molecule has 0 unspecified atom stereocenters. The Balaban J connectivity index is 1.49. The lowest BCUT2D eigenvalue weighted by atomic mass is 10.1. The van der Waals surface area contributed by atoms with E-state index in [4.69, 9.17) is 12.2 Å². The molecule has 0 saturated heterocycles. The first-order valence-electron chi connectivity index (χ1n) is 9.45. The number of carbonyl (C=O) groups excluding carboxylic acids is 1. The zero-order valence-electron chi connectivity index (χ0n) is 16.0. The molecule has 1 heterocycles. The Hall–Kier alpha value is -2.94. The van der Waals surface area contributed by atoms with Crippen molar-refractivity contribution in [2.75, 3.05) is 5.32 Å². The van der Waals surface area contributed by atoms with E-state index in [9.17, 15) is 22.8 Å². The van der Waals surface area contributed by atoms with Crippen molar-refractivity contribution >= 4 is 34.7 Å². The molecule has 0 atom stereocenters. The van der Waals surface area contributed by atoms with Gasteiger partial charge in [-0.2, -0.15) is 13.2 Å². The molecular formula is C21H20F3N3O2S. The Bertz CT molecular complexity index is 1170. The molecule has 0 fully saturated rings. The number of hydrogen-bond donors (Lipinski definition) is 2. The van der Waals surface area contributed by atoms with Crippen LogP contribution in [-0.2, 0) is 17.5 Å². The van der Waals surface area contributed by atoms with Crippen LogP contribution in [0.3, 0.4) is 0 Å². The third-order valence-electron chi connectivity index (χ3n) is 4.65. The molecule has 9 heteroatoms. The van der Waals surface area contributed by atoms with Crippen molar-refractivity contribution in [3.05, 3.63) is 69.2 Å². The summed E-state index contributed by atoms with van der Waals surface area (Å²) in [6, 6.07) is 11.7. The van der Waals surface area contributed by atoms with Crippen LogP contribution in [0.1, 0.15) is 31.2 Å². The smallest absolute Gasteiger partial charge is 0.332 e. The molecule has 5 nitrogen and oxygen atoms in total. The second-order valence-electron chi connectivity index (χ2n) is 6.87. The molecule has 158 valence electrons. The first kappa shape index (κ1) is 21.8. The van der Waals surface area contributed by atoms with E-state index in [-0.39, 0.29) is 23.6 Å². The summed E-state index contributed by atoms with van der Waals surface area (Å²) in [6.45, 7) is 0.425. The van der Waals surface area contributed by atoms with Crippen molar-refractivity contribution in [2.45, 2.75) is 38.4 Å². The highest BCUT2D eigenvalue weighted by molar-refractivity contribution is 7.71. The normalized spacial score (nSPS) is 11.6. The largest absolute Gasteiger partial charge is 0.416 e. The number of benzene rings is 2. The summed E-state index contributed by atoms with van der Waals surface area (Å²) in [7, 11) is 0. The molecule has 0 aliphatic carbocycles. The van der Waals surface area contributed by atoms with E-state index in [0.29, 0.717) is 41.5 Å². The topological polar surface area (TPSA) is 66.9 Å². The molecule has 30 heavy (non-hydrogen) atoms. The summed E-state index contributed by atoms with van der Waals surface area (Å²) in [5.41, 5.74) is -0.159. The molecule has 0 aliphatic rings. The number of aromatic amines is 1. The van der Waals surface area contributed by atoms with Crippen LogP contribution >= 0.6 is 12.2 Å². The first-order valence-corrected chi connectivity index (χ1v) is 9.85. The monoisotopic (exact) mass is 435 g/mol. The van der Waals surface area contributed by atoms with Crippen molar-refractivity contribution in [1.82, 2.24) is 9.55 Å². The van der Waals surface area contributed by atoms with Crippen LogP contribution in [0.15, 0.2) is 53.3 Å². The summed E-state index contributed by atoms with van der Waals surface area (Å²) in [5.74, 6) is -0.352. The van der Waals surface area contributed by atoms with Crippen LogP contribution in [0.2, 0.25) is 0 Å². The predicted molar refractivity (Wildman–Crippen MR) is 112 cm³/mol. The Morgan fingerprint density at radius 3 is 2.60 bits per heavy atom. The second kappa shape index (κ2) is 9.25. The minimum absolute atomic E-state index is 0.115. The van der Waals surface area contributed by atoms with Gasteiger partial charge >= 0.3 is 6.18 Å². The number of aromatic nitrogens is 2. The van der Waals surface area contributed by atoms with E-state index in [1.165, 1.54) is 16.7 Å². The van der Waals surface area contributed by atoms with E-state index < -0.39 is 11.7 Å². The molecule has 0 radical (unpaired) electrons. The third-order valence-corrected chi connectivity index (χ3v) is 4.97. The highest BCUT2D eigenvalue weighted by Crippen LogP contribution is 2.30. The maximum absolute atomic E-state index is 12.7. The van der Waals surface area contributed by atoms with Crippen LogP contribution in [-0.4, -0.2) is 15.5 Å². The fourth-order valence-electron chi connectivity index (χ4n) is 3.13. The van der Waals surface area contributed by atoms with Crippen molar-refractivity contribution in [3.8, 4) is 0 Å². The standard InChI is InChI=1S/C21H20F3N3O2S/c22-21(23,24)14-7-6-8-15(13-14)25-18(28)11-2-1-5-12-27-19(29)16-9-3-4-10-17(16)26-20(27)30/h3-4,6-10,13H,1-2,5,11-12H2,(H,25,28)(H,26,30). The van der Waals surface area contributed by atoms with Gasteiger partial charge in [-0.15, -0.1) is 0 Å². The highest BCUT2D eigenvalue weighted by atomic mass is 32.1. The van der Waals surface area contributed by atoms with Crippen molar-refractivity contribution in [3.63, 3.8) is 0 Å². The van der Waals surface area contributed by atoms with Gasteiger partial charge in [0, 0.05) is 18.7 Å². The Morgan fingerprint density at radius 2 is 1.83 bits per heavy atom. The molecule has 1 aromatic heterocycles. The number of carbonyl (C=O) groups is 1. The van der Waals surface area contributed by atoms with Crippen LogP contribution in [0.4, 0.5) is 18.9 Å². The second-order valence-corrected chi connectivity index (χ2v) is 7.26. The molecule has 0 aliphatic heterocycles. The number of nitrogens with one attached hydrogen (secondary N) is 2. The van der Waals surface area contributed by atoms with Gasteiger partial charge in [-0.3, -0.25) is 14.2 Å². The molecular weight excluding hydrogens is 415 g/mol. The quantitative estimate of drug-likeness (QED) is 0.392. The molecule has 0 bridgehead atoms.